The first-order valence-electron chi connectivity index (χ1n) is 8.11. The molecule has 3 rings (SSSR count). The van der Waals surface area contributed by atoms with Gasteiger partial charge in [-0.05, 0) is 38.1 Å². The number of urea groups is 1. The van der Waals surface area contributed by atoms with Crippen LogP contribution in [-0.2, 0) is 9.53 Å². The second-order valence-electron chi connectivity index (χ2n) is 5.80. The number of allylic oxidation sites excluding steroid dienone is 1. The number of hydrogen-bond donors (Lipinski definition) is 3. The maximum atomic E-state index is 12.6. The van der Waals surface area contributed by atoms with Crippen LogP contribution in [0.5, 0.6) is 5.75 Å². The highest BCUT2D eigenvalue weighted by molar-refractivity contribution is 5.95. The Bertz CT molecular complexity index is 976. The summed E-state index contributed by atoms with van der Waals surface area (Å²) in [6, 6.07) is 5.46. The highest BCUT2D eigenvalue weighted by Crippen LogP contribution is 2.28. The summed E-state index contributed by atoms with van der Waals surface area (Å²) in [5.41, 5.74) is 1.01. The van der Waals surface area contributed by atoms with Crippen molar-refractivity contribution in [2.75, 3.05) is 13.7 Å². The molecule has 0 unspecified atom stereocenters. The average molecular weight is 357 g/mol. The first-order chi connectivity index (χ1) is 12.4. The smallest absolute Gasteiger partial charge is 0.338 e. The van der Waals surface area contributed by atoms with Gasteiger partial charge in [0.1, 0.15) is 5.75 Å². The van der Waals surface area contributed by atoms with Crippen LogP contribution in [-0.4, -0.2) is 30.7 Å². The molecule has 0 saturated carbocycles. The third-order valence-corrected chi connectivity index (χ3v) is 4.16. The Morgan fingerprint density at radius 3 is 2.69 bits per heavy atom. The zero-order valence-corrected chi connectivity index (χ0v) is 14.6. The van der Waals surface area contributed by atoms with Crippen LogP contribution in [0.3, 0.4) is 0 Å². The molecule has 1 aromatic carbocycles. The molecule has 1 aliphatic heterocycles. The monoisotopic (exact) mass is 357 g/mol. The molecule has 0 radical (unpaired) electrons. The number of carbonyl (C=O) groups excluding carboxylic acids is 2. The van der Waals surface area contributed by atoms with E-state index >= 15 is 0 Å². The summed E-state index contributed by atoms with van der Waals surface area (Å²) >= 11 is 0. The molecule has 0 bridgehead atoms. The van der Waals surface area contributed by atoms with Crippen molar-refractivity contribution in [1.82, 2.24) is 15.6 Å². The van der Waals surface area contributed by atoms with Crippen molar-refractivity contribution in [1.29, 1.82) is 0 Å². The molecule has 1 aliphatic rings. The fraction of sp³-hybridized carbons (Fsp3) is 0.278. The van der Waals surface area contributed by atoms with Crippen molar-refractivity contribution >= 4 is 22.9 Å². The Hall–Kier alpha value is -3.29. The number of methoxy groups -OCH3 is 1. The largest absolute Gasteiger partial charge is 0.497 e. The van der Waals surface area contributed by atoms with Crippen molar-refractivity contribution < 1.29 is 19.1 Å². The van der Waals surface area contributed by atoms with Crippen LogP contribution in [0.25, 0.3) is 10.9 Å². The van der Waals surface area contributed by atoms with Crippen molar-refractivity contribution in [2.45, 2.75) is 19.9 Å². The van der Waals surface area contributed by atoms with Gasteiger partial charge in [0.15, 0.2) is 0 Å². The molecule has 0 spiro atoms. The number of carbonyl (C=O) groups is 2. The molecule has 8 heteroatoms. The summed E-state index contributed by atoms with van der Waals surface area (Å²) < 4.78 is 10.3. The van der Waals surface area contributed by atoms with Crippen LogP contribution in [0.2, 0.25) is 0 Å². The second kappa shape index (κ2) is 6.91. The summed E-state index contributed by atoms with van der Waals surface area (Å²) in [6.45, 7) is 3.46. The van der Waals surface area contributed by atoms with E-state index in [0.29, 0.717) is 22.3 Å². The molecule has 0 saturated heterocycles. The van der Waals surface area contributed by atoms with Crippen LogP contribution in [0.4, 0.5) is 4.79 Å². The van der Waals surface area contributed by atoms with Crippen molar-refractivity contribution in [3.05, 3.63) is 51.5 Å². The zero-order valence-electron chi connectivity index (χ0n) is 14.6. The van der Waals surface area contributed by atoms with Gasteiger partial charge in [-0.15, -0.1) is 0 Å². The molecule has 136 valence electrons. The van der Waals surface area contributed by atoms with Crippen LogP contribution in [0.1, 0.15) is 25.5 Å². The van der Waals surface area contributed by atoms with Gasteiger partial charge in [-0.2, -0.15) is 0 Å². The summed E-state index contributed by atoms with van der Waals surface area (Å²) in [4.78, 5) is 39.7. The number of aromatic amines is 1. The van der Waals surface area contributed by atoms with E-state index < -0.39 is 23.6 Å². The van der Waals surface area contributed by atoms with Gasteiger partial charge in [-0.3, -0.25) is 4.79 Å². The number of rotatable bonds is 4. The van der Waals surface area contributed by atoms with Crippen molar-refractivity contribution in [2.24, 2.45) is 0 Å². The van der Waals surface area contributed by atoms with Gasteiger partial charge in [0.25, 0.3) is 5.56 Å². The number of amides is 2. The van der Waals surface area contributed by atoms with Gasteiger partial charge in [0.2, 0.25) is 0 Å². The maximum Gasteiger partial charge on any atom is 0.338 e. The number of hydrogen-bond acceptors (Lipinski definition) is 5. The van der Waals surface area contributed by atoms with E-state index in [1.165, 1.54) is 0 Å². The van der Waals surface area contributed by atoms with Crippen LogP contribution >= 0.6 is 0 Å². The molecule has 8 nitrogen and oxygen atoms in total. The third-order valence-electron chi connectivity index (χ3n) is 4.16. The molecule has 2 aromatic rings. The average Bonchev–Trinajstić information content (AvgIpc) is 2.60. The van der Waals surface area contributed by atoms with Gasteiger partial charge in [0.05, 0.1) is 25.3 Å². The molecular weight excluding hydrogens is 338 g/mol. The number of ether oxygens (including phenoxy) is 2. The molecule has 0 aliphatic carbocycles. The van der Waals surface area contributed by atoms with Crippen LogP contribution in [0.15, 0.2) is 40.3 Å². The van der Waals surface area contributed by atoms with Crippen LogP contribution in [0, 0.1) is 0 Å². The molecule has 2 amide bonds. The normalized spacial score (nSPS) is 16.9. The summed E-state index contributed by atoms with van der Waals surface area (Å²) in [5, 5.41) is 5.88. The summed E-state index contributed by atoms with van der Waals surface area (Å²) in [5.74, 6) is 0.0369. The minimum absolute atomic E-state index is 0.182. The van der Waals surface area contributed by atoms with Gasteiger partial charge in [0, 0.05) is 22.2 Å². The van der Waals surface area contributed by atoms with Gasteiger partial charge < -0.3 is 25.1 Å². The number of benzene rings is 1. The fourth-order valence-electron chi connectivity index (χ4n) is 2.95. The second-order valence-corrected chi connectivity index (χ2v) is 5.80. The number of esters is 1. The Balaban J connectivity index is 2.17. The first kappa shape index (κ1) is 17.5. The lowest BCUT2D eigenvalue weighted by molar-refractivity contribution is -0.139. The number of nitrogens with one attached hydrogen (secondary N) is 3. The summed E-state index contributed by atoms with van der Waals surface area (Å²) in [7, 11) is 1.55. The number of H-pyrrole nitrogens is 1. The maximum absolute atomic E-state index is 12.6. The van der Waals surface area contributed by atoms with Gasteiger partial charge >= 0.3 is 12.0 Å². The predicted molar refractivity (Wildman–Crippen MR) is 94.9 cm³/mol. The van der Waals surface area contributed by atoms with Crippen LogP contribution < -0.4 is 20.9 Å². The minimum atomic E-state index is -0.915. The number of aromatic nitrogens is 1. The number of pyridine rings is 1. The highest BCUT2D eigenvalue weighted by Gasteiger charge is 2.33. The molecule has 1 aromatic heterocycles. The number of fused-ring (bicyclic) bond motifs is 1. The zero-order chi connectivity index (χ0) is 18.8. The van der Waals surface area contributed by atoms with Gasteiger partial charge in [-0.1, -0.05) is 0 Å². The molecular formula is C18H19N3O5. The molecule has 0 fully saturated rings. The lowest BCUT2D eigenvalue weighted by atomic mass is 9.95. The predicted octanol–water partition coefficient (Wildman–Crippen LogP) is 1.73. The quantitative estimate of drug-likeness (QED) is 0.722. The SMILES string of the molecule is CCOC(=O)C1=C(C)NC(=O)N[C@@H]1c1cc2cc(OC)ccc2[nH]c1=O. The topological polar surface area (TPSA) is 110 Å². The fourth-order valence-corrected chi connectivity index (χ4v) is 2.95. The summed E-state index contributed by atoms with van der Waals surface area (Å²) in [6.07, 6.45) is 0. The highest BCUT2D eigenvalue weighted by atomic mass is 16.5. The van der Waals surface area contributed by atoms with Gasteiger partial charge in [-0.25, -0.2) is 9.59 Å². The van der Waals surface area contributed by atoms with E-state index in [-0.39, 0.29) is 17.7 Å². The van der Waals surface area contributed by atoms with E-state index in [4.69, 9.17) is 9.47 Å². The van der Waals surface area contributed by atoms with E-state index in [1.807, 2.05) is 0 Å². The van der Waals surface area contributed by atoms with E-state index in [9.17, 15) is 14.4 Å². The Morgan fingerprint density at radius 2 is 2.00 bits per heavy atom. The van der Waals surface area contributed by atoms with E-state index in [0.717, 1.165) is 0 Å². The Labute approximate surface area is 149 Å². The molecule has 2 heterocycles. The van der Waals surface area contributed by atoms with E-state index in [1.54, 1.807) is 45.2 Å². The molecule has 1 atom stereocenters. The Morgan fingerprint density at radius 1 is 1.23 bits per heavy atom. The van der Waals surface area contributed by atoms with E-state index in [2.05, 4.69) is 15.6 Å². The lowest BCUT2D eigenvalue weighted by Gasteiger charge is -2.27. The van der Waals surface area contributed by atoms with Crippen molar-refractivity contribution in [3.8, 4) is 5.75 Å². The standard InChI is InChI=1S/C18H19N3O5/c1-4-26-17(23)14-9(2)19-18(24)21-15(14)12-8-10-7-11(25-3)5-6-13(10)20-16(12)22/h5-8,15H,4H2,1-3H3,(H,20,22)(H2,19,21,24)/t15-/m1/s1. The Kier molecular flexibility index (Phi) is 4.66. The first-order valence-corrected chi connectivity index (χ1v) is 8.11. The third kappa shape index (κ3) is 3.13. The minimum Gasteiger partial charge on any atom is -0.497 e. The lowest BCUT2D eigenvalue weighted by Crippen LogP contribution is -2.46. The molecule has 26 heavy (non-hydrogen) atoms. The molecule has 3 N–H and O–H groups in total. The van der Waals surface area contributed by atoms with Crippen molar-refractivity contribution in [3.63, 3.8) is 0 Å².